The van der Waals surface area contributed by atoms with Crippen LogP contribution in [0.15, 0.2) is 30.3 Å². The van der Waals surface area contributed by atoms with E-state index in [9.17, 15) is 0 Å². The van der Waals surface area contributed by atoms with E-state index in [0.29, 0.717) is 0 Å². The number of nitrogens with one attached hydrogen (secondary N) is 1. The first-order chi connectivity index (χ1) is 8.27. The standard InChI is InChI=1S/C13H20N2S2/c1-3-15(4-2)13(16)17-14-11-10-12-8-6-5-7-9-12/h5-9,14H,3-4,10-11H2,1-2H3. The van der Waals surface area contributed by atoms with Crippen molar-refractivity contribution < 1.29 is 0 Å². The molecule has 0 atom stereocenters. The van der Waals surface area contributed by atoms with Crippen LogP contribution in [0, 0.1) is 0 Å². The van der Waals surface area contributed by atoms with Crippen molar-refractivity contribution in [1.29, 1.82) is 0 Å². The van der Waals surface area contributed by atoms with Crippen LogP contribution in [0.1, 0.15) is 19.4 Å². The first kappa shape index (κ1) is 14.5. The molecule has 0 aromatic heterocycles. The summed E-state index contributed by atoms with van der Waals surface area (Å²) in [6.45, 7) is 7.14. The van der Waals surface area contributed by atoms with Gasteiger partial charge in [-0.05, 0) is 37.8 Å². The maximum Gasteiger partial charge on any atom is 0.151 e. The Hall–Kier alpha value is -0.580. The third-order valence-corrected chi connectivity index (χ3v) is 3.83. The molecule has 1 rings (SSSR count). The second-order valence-corrected chi connectivity index (χ2v) is 5.19. The predicted octanol–water partition coefficient (Wildman–Crippen LogP) is 3.09. The van der Waals surface area contributed by atoms with E-state index in [-0.39, 0.29) is 0 Å². The van der Waals surface area contributed by atoms with E-state index < -0.39 is 0 Å². The van der Waals surface area contributed by atoms with Gasteiger partial charge in [0.15, 0.2) is 4.32 Å². The second kappa shape index (κ2) is 8.50. The van der Waals surface area contributed by atoms with Crippen molar-refractivity contribution in [2.24, 2.45) is 0 Å². The predicted molar refractivity (Wildman–Crippen MR) is 81.3 cm³/mol. The first-order valence-corrected chi connectivity index (χ1v) is 7.23. The van der Waals surface area contributed by atoms with Crippen LogP contribution in [0.4, 0.5) is 0 Å². The molecule has 0 bridgehead atoms. The molecular weight excluding hydrogens is 248 g/mol. The molecule has 0 spiro atoms. The lowest BCUT2D eigenvalue weighted by atomic mass is 10.2. The number of hydrogen-bond acceptors (Lipinski definition) is 3. The summed E-state index contributed by atoms with van der Waals surface area (Å²) in [5.74, 6) is 0. The average molecular weight is 268 g/mol. The van der Waals surface area contributed by atoms with Gasteiger partial charge < -0.3 is 4.90 Å². The molecule has 0 aliphatic carbocycles. The fraction of sp³-hybridized carbons (Fsp3) is 0.462. The molecule has 1 N–H and O–H groups in total. The SMILES string of the molecule is CCN(CC)C(=S)SNCCc1ccccc1. The Labute approximate surface area is 114 Å². The highest BCUT2D eigenvalue weighted by Crippen LogP contribution is 2.06. The summed E-state index contributed by atoms with van der Waals surface area (Å²) >= 11 is 6.89. The zero-order valence-corrected chi connectivity index (χ0v) is 12.1. The Morgan fingerprint density at radius 3 is 2.47 bits per heavy atom. The number of thiocarbonyl (C=S) groups is 1. The zero-order valence-electron chi connectivity index (χ0n) is 10.5. The van der Waals surface area contributed by atoms with Crippen LogP contribution in [0.3, 0.4) is 0 Å². The fourth-order valence-corrected chi connectivity index (χ4v) is 2.65. The molecule has 0 aliphatic rings. The van der Waals surface area contributed by atoms with Crippen LogP contribution in [-0.4, -0.2) is 28.9 Å². The monoisotopic (exact) mass is 268 g/mol. The van der Waals surface area contributed by atoms with E-state index in [1.807, 2.05) is 6.07 Å². The van der Waals surface area contributed by atoms with E-state index >= 15 is 0 Å². The molecule has 0 fully saturated rings. The van der Waals surface area contributed by atoms with Gasteiger partial charge in [0.25, 0.3) is 0 Å². The molecule has 1 aromatic carbocycles. The normalized spacial score (nSPS) is 10.2. The summed E-state index contributed by atoms with van der Waals surface area (Å²) in [7, 11) is 0. The highest BCUT2D eigenvalue weighted by Gasteiger charge is 2.04. The second-order valence-electron chi connectivity index (χ2n) is 3.67. The first-order valence-electron chi connectivity index (χ1n) is 6.00. The third-order valence-electron chi connectivity index (χ3n) is 2.54. The number of benzene rings is 1. The Balaban J connectivity index is 2.18. The molecule has 0 aliphatic heterocycles. The van der Waals surface area contributed by atoms with E-state index in [2.05, 4.69) is 47.7 Å². The lowest BCUT2D eigenvalue weighted by molar-refractivity contribution is 0.482. The van der Waals surface area contributed by atoms with Gasteiger partial charge in [-0.15, -0.1) is 0 Å². The van der Waals surface area contributed by atoms with Gasteiger partial charge in [0.05, 0.1) is 0 Å². The molecule has 4 heteroatoms. The lowest BCUT2D eigenvalue weighted by Crippen LogP contribution is -2.29. The molecule has 2 nitrogen and oxygen atoms in total. The van der Waals surface area contributed by atoms with E-state index in [1.165, 1.54) is 5.56 Å². The average Bonchev–Trinajstić information content (AvgIpc) is 2.37. The molecule has 17 heavy (non-hydrogen) atoms. The van der Waals surface area contributed by atoms with Gasteiger partial charge >= 0.3 is 0 Å². The molecule has 1 aromatic rings. The highest BCUT2D eigenvalue weighted by molar-refractivity contribution is 8.21. The minimum absolute atomic E-state index is 0.933. The molecule has 94 valence electrons. The highest BCUT2D eigenvalue weighted by atomic mass is 32.2. The van der Waals surface area contributed by atoms with Crippen molar-refractivity contribution in [1.82, 2.24) is 9.62 Å². The maximum absolute atomic E-state index is 5.33. The molecule has 0 unspecified atom stereocenters. The molecule has 0 saturated heterocycles. The van der Waals surface area contributed by atoms with Crippen molar-refractivity contribution in [3.63, 3.8) is 0 Å². The van der Waals surface area contributed by atoms with Crippen molar-refractivity contribution in [2.45, 2.75) is 20.3 Å². The van der Waals surface area contributed by atoms with E-state index in [4.69, 9.17) is 12.2 Å². The van der Waals surface area contributed by atoms with Crippen LogP contribution in [0.5, 0.6) is 0 Å². The summed E-state index contributed by atoms with van der Waals surface area (Å²) in [6.07, 6.45) is 1.04. The summed E-state index contributed by atoms with van der Waals surface area (Å²) in [4.78, 5) is 2.18. The molecular formula is C13H20N2S2. The third kappa shape index (κ3) is 5.52. The lowest BCUT2D eigenvalue weighted by Gasteiger charge is -2.20. The summed E-state index contributed by atoms with van der Waals surface area (Å²) < 4.78 is 4.25. The van der Waals surface area contributed by atoms with Gasteiger partial charge in [-0.2, -0.15) is 0 Å². The van der Waals surface area contributed by atoms with Gasteiger partial charge in [-0.25, -0.2) is 0 Å². The molecule has 0 amide bonds. The van der Waals surface area contributed by atoms with Gasteiger partial charge in [-0.1, -0.05) is 42.5 Å². The van der Waals surface area contributed by atoms with Gasteiger partial charge in [-0.3, -0.25) is 4.72 Å². The zero-order chi connectivity index (χ0) is 12.5. The van der Waals surface area contributed by atoms with Crippen LogP contribution in [0.25, 0.3) is 0 Å². The summed E-state index contributed by atoms with van der Waals surface area (Å²) in [5, 5.41) is 0. The van der Waals surface area contributed by atoms with Crippen LogP contribution in [-0.2, 0) is 6.42 Å². The van der Waals surface area contributed by atoms with E-state index in [0.717, 1.165) is 30.4 Å². The number of hydrogen-bond donors (Lipinski definition) is 1. The van der Waals surface area contributed by atoms with E-state index in [1.54, 1.807) is 11.9 Å². The van der Waals surface area contributed by atoms with Crippen molar-refractivity contribution >= 4 is 28.5 Å². The Morgan fingerprint density at radius 2 is 1.88 bits per heavy atom. The van der Waals surface area contributed by atoms with Gasteiger partial charge in [0, 0.05) is 19.6 Å². The van der Waals surface area contributed by atoms with Crippen molar-refractivity contribution in [3.05, 3.63) is 35.9 Å². The van der Waals surface area contributed by atoms with Gasteiger partial charge in [0.1, 0.15) is 0 Å². The van der Waals surface area contributed by atoms with Crippen LogP contribution >= 0.6 is 24.2 Å². The smallest absolute Gasteiger partial charge is 0.151 e. The Bertz CT molecular complexity index is 323. The largest absolute Gasteiger partial charge is 0.357 e. The van der Waals surface area contributed by atoms with Crippen LogP contribution < -0.4 is 4.72 Å². The van der Waals surface area contributed by atoms with Gasteiger partial charge in [0.2, 0.25) is 0 Å². The fourth-order valence-electron chi connectivity index (χ4n) is 1.50. The molecule has 0 saturated carbocycles. The van der Waals surface area contributed by atoms with Crippen molar-refractivity contribution in [2.75, 3.05) is 19.6 Å². The quantitative estimate of drug-likeness (QED) is 0.484. The summed E-state index contributed by atoms with van der Waals surface area (Å²) in [6, 6.07) is 10.5. The number of nitrogens with zero attached hydrogens (tertiary/aromatic N) is 1. The van der Waals surface area contributed by atoms with Crippen molar-refractivity contribution in [3.8, 4) is 0 Å². The molecule has 0 radical (unpaired) electrons. The van der Waals surface area contributed by atoms with Crippen LogP contribution in [0.2, 0.25) is 0 Å². The summed E-state index contributed by atoms with van der Waals surface area (Å²) in [5.41, 5.74) is 1.36. The topological polar surface area (TPSA) is 15.3 Å². The minimum atomic E-state index is 0.933. The Morgan fingerprint density at radius 1 is 1.24 bits per heavy atom. The minimum Gasteiger partial charge on any atom is -0.357 e. The number of rotatable bonds is 6. The molecule has 0 heterocycles. The maximum atomic E-state index is 5.33. The Kier molecular flexibility index (Phi) is 7.24.